The second-order valence-corrected chi connectivity index (χ2v) is 9.42. The molecule has 1 saturated heterocycles. The highest BCUT2D eigenvalue weighted by atomic mass is 32.2. The predicted octanol–water partition coefficient (Wildman–Crippen LogP) is 6.04. The van der Waals surface area contributed by atoms with E-state index < -0.39 is 22.8 Å². The summed E-state index contributed by atoms with van der Waals surface area (Å²) in [4.78, 5) is 1.16. The van der Waals surface area contributed by atoms with E-state index in [1.165, 1.54) is 11.8 Å². The normalized spacial score (nSPS) is 22.5. The number of alkyl halides is 3. The van der Waals surface area contributed by atoms with Gasteiger partial charge in [-0.25, -0.2) is 0 Å². The highest BCUT2D eigenvalue weighted by molar-refractivity contribution is 7.99. The molecule has 0 aromatic heterocycles. The Labute approximate surface area is 178 Å². The van der Waals surface area contributed by atoms with Crippen molar-refractivity contribution in [3.05, 3.63) is 59.2 Å². The Balaban J connectivity index is 1.95. The summed E-state index contributed by atoms with van der Waals surface area (Å²) in [5.41, 5.74) is -1.68. The first-order chi connectivity index (χ1) is 13.9. The Morgan fingerprint density at radius 2 is 1.77 bits per heavy atom. The fourth-order valence-corrected chi connectivity index (χ4v) is 4.47. The van der Waals surface area contributed by atoms with Crippen molar-refractivity contribution in [2.75, 3.05) is 6.61 Å². The Bertz CT molecular complexity index is 950. The van der Waals surface area contributed by atoms with E-state index in [9.17, 15) is 23.5 Å². The highest BCUT2D eigenvalue weighted by Crippen LogP contribution is 2.41. The summed E-state index contributed by atoms with van der Waals surface area (Å²) in [6, 6.07) is 13.2. The van der Waals surface area contributed by atoms with Crippen molar-refractivity contribution < 1.29 is 23.0 Å². The van der Waals surface area contributed by atoms with E-state index in [0.717, 1.165) is 22.6 Å². The standard InChI is InChI=1S/C23H24F3NO2S/c1-15-13-22(28,8-9-29-15)17-10-18(23(24,25)26)12-20(11-17)30-19-6-4-16(5-7-19)21(2,3)14-27/h4-7,10-12,15,28H,8-9,13H2,1-3H3. The van der Waals surface area contributed by atoms with Gasteiger partial charge in [0.05, 0.1) is 35.4 Å². The summed E-state index contributed by atoms with van der Waals surface area (Å²) >= 11 is 1.20. The average Bonchev–Trinajstić information content (AvgIpc) is 2.67. The molecule has 1 fully saturated rings. The van der Waals surface area contributed by atoms with Crippen LogP contribution >= 0.6 is 11.8 Å². The molecule has 3 nitrogen and oxygen atoms in total. The molecule has 2 atom stereocenters. The van der Waals surface area contributed by atoms with Crippen LogP contribution in [0.4, 0.5) is 13.2 Å². The molecule has 0 amide bonds. The molecule has 1 aliphatic heterocycles. The summed E-state index contributed by atoms with van der Waals surface area (Å²) in [6.45, 7) is 5.72. The Hall–Kier alpha value is -2.01. The molecule has 0 saturated carbocycles. The van der Waals surface area contributed by atoms with Gasteiger partial charge in [0.15, 0.2) is 0 Å². The first-order valence-electron chi connectivity index (χ1n) is 9.69. The number of nitrogens with zero attached hydrogens (tertiary/aromatic N) is 1. The van der Waals surface area contributed by atoms with Crippen LogP contribution in [0.3, 0.4) is 0 Å². The summed E-state index contributed by atoms with van der Waals surface area (Å²) in [5.74, 6) is 0. The molecule has 1 N–H and O–H groups in total. The summed E-state index contributed by atoms with van der Waals surface area (Å²) in [7, 11) is 0. The molecule has 0 aliphatic carbocycles. The number of nitriles is 1. The van der Waals surface area contributed by atoms with Crippen LogP contribution in [-0.4, -0.2) is 17.8 Å². The zero-order valence-electron chi connectivity index (χ0n) is 17.1. The largest absolute Gasteiger partial charge is 0.416 e. The lowest BCUT2D eigenvalue weighted by molar-refractivity contribution is -0.138. The van der Waals surface area contributed by atoms with Crippen LogP contribution in [0.2, 0.25) is 0 Å². The molecule has 2 aromatic carbocycles. The van der Waals surface area contributed by atoms with Crippen molar-refractivity contribution in [3.8, 4) is 6.07 Å². The van der Waals surface area contributed by atoms with E-state index >= 15 is 0 Å². The third-order valence-corrected chi connectivity index (χ3v) is 6.38. The van der Waals surface area contributed by atoms with E-state index in [1.807, 2.05) is 26.0 Å². The van der Waals surface area contributed by atoms with E-state index in [4.69, 9.17) is 4.74 Å². The van der Waals surface area contributed by atoms with Crippen LogP contribution in [0.15, 0.2) is 52.3 Å². The van der Waals surface area contributed by atoms with E-state index in [0.29, 0.717) is 11.5 Å². The minimum Gasteiger partial charge on any atom is -0.385 e. The molecule has 2 unspecified atom stereocenters. The molecule has 30 heavy (non-hydrogen) atoms. The topological polar surface area (TPSA) is 53.2 Å². The molecule has 0 spiro atoms. The van der Waals surface area contributed by atoms with Gasteiger partial charge in [0, 0.05) is 22.6 Å². The molecular weight excluding hydrogens is 411 g/mol. The average molecular weight is 436 g/mol. The predicted molar refractivity (Wildman–Crippen MR) is 109 cm³/mol. The van der Waals surface area contributed by atoms with Gasteiger partial charge in [0.2, 0.25) is 0 Å². The van der Waals surface area contributed by atoms with Gasteiger partial charge < -0.3 is 9.84 Å². The van der Waals surface area contributed by atoms with Crippen molar-refractivity contribution in [3.63, 3.8) is 0 Å². The Morgan fingerprint density at radius 3 is 2.33 bits per heavy atom. The first-order valence-corrected chi connectivity index (χ1v) is 10.5. The Kier molecular flexibility index (Phi) is 6.24. The highest BCUT2D eigenvalue weighted by Gasteiger charge is 2.38. The van der Waals surface area contributed by atoms with Crippen LogP contribution in [-0.2, 0) is 21.9 Å². The van der Waals surface area contributed by atoms with Crippen LogP contribution in [0, 0.1) is 11.3 Å². The molecular formula is C23H24F3NO2S. The lowest BCUT2D eigenvalue weighted by Crippen LogP contribution is -2.37. The van der Waals surface area contributed by atoms with Crippen molar-refractivity contribution in [1.29, 1.82) is 5.26 Å². The van der Waals surface area contributed by atoms with Crippen LogP contribution < -0.4 is 0 Å². The minimum absolute atomic E-state index is 0.231. The third-order valence-electron chi connectivity index (χ3n) is 5.41. The fraction of sp³-hybridized carbons (Fsp3) is 0.435. The maximum absolute atomic E-state index is 13.5. The zero-order valence-corrected chi connectivity index (χ0v) is 17.9. The monoisotopic (exact) mass is 435 g/mol. The number of rotatable bonds is 4. The fourth-order valence-electron chi connectivity index (χ4n) is 3.56. The third kappa shape index (κ3) is 5.00. The van der Waals surface area contributed by atoms with Gasteiger partial charge in [-0.15, -0.1) is 0 Å². The number of halogens is 3. The first kappa shape index (κ1) is 22.7. The summed E-state index contributed by atoms with van der Waals surface area (Å²) in [5, 5.41) is 20.3. The van der Waals surface area contributed by atoms with Crippen molar-refractivity contribution in [2.24, 2.45) is 0 Å². The number of ether oxygens (including phenoxy) is 1. The molecule has 0 radical (unpaired) electrons. The van der Waals surface area contributed by atoms with E-state index in [1.54, 1.807) is 25.1 Å². The SMILES string of the molecule is CC1CC(O)(c2cc(Sc3ccc(C(C)(C)C#N)cc3)cc(C(F)(F)F)c2)CCO1. The molecule has 2 aromatic rings. The second kappa shape index (κ2) is 8.26. The van der Waals surface area contributed by atoms with Gasteiger partial charge in [0.1, 0.15) is 0 Å². The van der Waals surface area contributed by atoms with Crippen LogP contribution in [0.5, 0.6) is 0 Å². The molecule has 1 heterocycles. The second-order valence-electron chi connectivity index (χ2n) is 8.27. The number of hydrogen-bond acceptors (Lipinski definition) is 4. The number of aliphatic hydroxyl groups is 1. The molecule has 1 aliphatic rings. The van der Waals surface area contributed by atoms with Crippen molar-refractivity contribution in [1.82, 2.24) is 0 Å². The van der Waals surface area contributed by atoms with Gasteiger partial charge in [-0.3, -0.25) is 0 Å². The minimum atomic E-state index is -4.51. The number of benzene rings is 2. The smallest absolute Gasteiger partial charge is 0.385 e. The molecule has 3 rings (SSSR count). The zero-order chi connectivity index (χ0) is 22.2. The van der Waals surface area contributed by atoms with Gasteiger partial charge >= 0.3 is 6.18 Å². The molecule has 160 valence electrons. The maximum atomic E-state index is 13.5. The quantitative estimate of drug-likeness (QED) is 0.636. The van der Waals surface area contributed by atoms with Gasteiger partial charge in [-0.05, 0) is 62.2 Å². The molecule has 7 heteroatoms. The van der Waals surface area contributed by atoms with Crippen molar-refractivity contribution in [2.45, 2.75) is 66.7 Å². The maximum Gasteiger partial charge on any atom is 0.416 e. The lowest BCUT2D eigenvalue weighted by Gasteiger charge is -2.36. The van der Waals surface area contributed by atoms with Crippen LogP contribution in [0.1, 0.15) is 50.3 Å². The van der Waals surface area contributed by atoms with Gasteiger partial charge in [0.25, 0.3) is 0 Å². The summed E-state index contributed by atoms with van der Waals surface area (Å²) in [6.07, 6.45) is -4.25. The summed E-state index contributed by atoms with van der Waals surface area (Å²) < 4.78 is 46.1. The van der Waals surface area contributed by atoms with Gasteiger partial charge in [-0.1, -0.05) is 23.9 Å². The van der Waals surface area contributed by atoms with Crippen molar-refractivity contribution >= 4 is 11.8 Å². The van der Waals surface area contributed by atoms with E-state index in [-0.39, 0.29) is 24.5 Å². The van der Waals surface area contributed by atoms with Crippen LogP contribution in [0.25, 0.3) is 0 Å². The van der Waals surface area contributed by atoms with Gasteiger partial charge in [-0.2, -0.15) is 18.4 Å². The number of hydrogen-bond donors (Lipinski definition) is 1. The molecule has 0 bridgehead atoms. The van der Waals surface area contributed by atoms with E-state index in [2.05, 4.69) is 6.07 Å². The lowest BCUT2D eigenvalue weighted by atomic mass is 9.83. The Morgan fingerprint density at radius 1 is 1.10 bits per heavy atom.